The van der Waals surface area contributed by atoms with Crippen molar-refractivity contribution in [3.63, 3.8) is 0 Å². The number of ether oxygens (including phenoxy) is 3. The number of nitrogens with zero attached hydrogens (tertiary/aromatic N) is 1. The van der Waals surface area contributed by atoms with Gasteiger partial charge in [0, 0.05) is 18.7 Å². The van der Waals surface area contributed by atoms with Crippen molar-refractivity contribution in [2.45, 2.75) is 39.6 Å². The summed E-state index contributed by atoms with van der Waals surface area (Å²) in [5.74, 6) is -1.46. The van der Waals surface area contributed by atoms with Crippen LogP contribution in [-0.4, -0.2) is 37.2 Å². The van der Waals surface area contributed by atoms with Gasteiger partial charge < -0.3 is 19.1 Å². The highest BCUT2D eigenvalue weighted by Crippen LogP contribution is 2.44. The zero-order chi connectivity index (χ0) is 28.6. The number of carbonyl (C=O) groups excluding carboxylic acids is 2. The Morgan fingerprint density at radius 3 is 2.21 bits per heavy atom. The van der Waals surface area contributed by atoms with E-state index in [4.69, 9.17) is 14.2 Å². The molecule has 0 aromatic heterocycles. The first-order chi connectivity index (χ1) is 18.6. The van der Waals surface area contributed by atoms with Crippen LogP contribution in [0, 0.1) is 5.82 Å². The third-order valence-corrected chi connectivity index (χ3v) is 5.90. The quantitative estimate of drug-likeness (QED) is 0.207. The Morgan fingerprint density at radius 2 is 1.59 bits per heavy atom. The molecule has 0 fully saturated rings. The van der Waals surface area contributed by atoms with E-state index in [1.165, 1.54) is 35.2 Å². The molecule has 0 unspecified atom stereocenters. The molecule has 0 atom stereocenters. The van der Waals surface area contributed by atoms with Gasteiger partial charge in [-0.05, 0) is 60.4 Å². The van der Waals surface area contributed by atoms with Crippen molar-refractivity contribution >= 4 is 12.1 Å². The van der Waals surface area contributed by atoms with Gasteiger partial charge in [-0.2, -0.15) is 13.2 Å². The minimum absolute atomic E-state index is 0.0293. The lowest BCUT2D eigenvalue weighted by atomic mass is 9.93. The first-order valence-corrected chi connectivity index (χ1v) is 12.3. The molecule has 0 N–H and O–H groups in total. The van der Waals surface area contributed by atoms with Crippen LogP contribution in [0.1, 0.15) is 36.1 Å². The van der Waals surface area contributed by atoms with Gasteiger partial charge in [0.2, 0.25) is 0 Å². The van der Waals surface area contributed by atoms with Gasteiger partial charge in [0.05, 0.1) is 25.7 Å². The number of methoxy groups -OCH3 is 1. The fraction of sp³-hybridized carbons (Fsp3) is 0.310. The van der Waals surface area contributed by atoms with Crippen molar-refractivity contribution in [2.24, 2.45) is 0 Å². The van der Waals surface area contributed by atoms with Gasteiger partial charge in [-0.3, -0.25) is 4.79 Å². The Bertz CT molecular complexity index is 1290. The second-order valence-electron chi connectivity index (χ2n) is 8.56. The van der Waals surface area contributed by atoms with E-state index >= 15 is 0 Å². The highest BCUT2D eigenvalue weighted by Gasteiger charge is 2.36. The van der Waals surface area contributed by atoms with Gasteiger partial charge in [0.25, 0.3) is 0 Å². The lowest BCUT2D eigenvalue weighted by Gasteiger charge is -2.23. The SMILES string of the molecule is CCOC(=O)Cc1cc(-c2ccccc2CN(CC)C(=O)OCc2ccc(F)cc2)c(OC)c(C(F)(F)F)c1. The highest BCUT2D eigenvalue weighted by atomic mass is 19.4. The number of hydrogen-bond donors (Lipinski definition) is 0. The molecule has 208 valence electrons. The highest BCUT2D eigenvalue weighted by molar-refractivity contribution is 5.79. The van der Waals surface area contributed by atoms with E-state index in [0.717, 1.165) is 13.2 Å². The van der Waals surface area contributed by atoms with E-state index in [9.17, 15) is 27.2 Å². The first kappa shape index (κ1) is 29.5. The van der Waals surface area contributed by atoms with Gasteiger partial charge in [0.15, 0.2) is 0 Å². The van der Waals surface area contributed by atoms with Crippen LogP contribution in [0.4, 0.5) is 22.4 Å². The Morgan fingerprint density at radius 1 is 0.897 bits per heavy atom. The van der Waals surface area contributed by atoms with Crippen LogP contribution in [0.3, 0.4) is 0 Å². The Balaban J connectivity index is 1.97. The molecule has 0 heterocycles. The van der Waals surface area contributed by atoms with E-state index in [1.807, 2.05) is 0 Å². The number of amides is 1. The number of benzene rings is 3. The van der Waals surface area contributed by atoms with Gasteiger partial charge in [-0.15, -0.1) is 0 Å². The number of esters is 1. The van der Waals surface area contributed by atoms with Gasteiger partial charge in [-0.1, -0.05) is 36.4 Å². The number of alkyl halides is 3. The van der Waals surface area contributed by atoms with E-state index < -0.39 is 35.4 Å². The molecule has 39 heavy (non-hydrogen) atoms. The lowest BCUT2D eigenvalue weighted by Crippen LogP contribution is -2.31. The van der Waals surface area contributed by atoms with Gasteiger partial charge in [0.1, 0.15) is 18.2 Å². The van der Waals surface area contributed by atoms with E-state index in [2.05, 4.69) is 0 Å². The standard InChI is InChI=1S/C29H29F4NO5/c1-4-34(28(36)39-18-19-10-12-22(30)13-11-19)17-21-8-6-7-9-23(21)24-14-20(16-26(35)38-5-2)15-25(27(24)37-3)29(31,32)33/h6-15H,4-5,16-18H2,1-3H3. The van der Waals surface area contributed by atoms with E-state index in [-0.39, 0.29) is 43.9 Å². The summed E-state index contributed by atoms with van der Waals surface area (Å²) in [7, 11) is 1.15. The molecule has 0 saturated carbocycles. The molecule has 0 bridgehead atoms. The predicted molar refractivity (Wildman–Crippen MR) is 136 cm³/mol. The first-order valence-electron chi connectivity index (χ1n) is 12.3. The third-order valence-electron chi connectivity index (χ3n) is 5.90. The second kappa shape index (κ2) is 13.1. The average molecular weight is 548 g/mol. The van der Waals surface area contributed by atoms with Crippen LogP contribution < -0.4 is 4.74 Å². The summed E-state index contributed by atoms with van der Waals surface area (Å²) in [6.45, 7) is 3.66. The van der Waals surface area contributed by atoms with Gasteiger partial charge in [-0.25, -0.2) is 9.18 Å². The predicted octanol–water partition coefficient (Wildman–Crippen LogP) is 6.78. The molecule has 3 rings (SSSR count). The molecular weight excluding hydrogens is 518 g/mol. The van der Waals surface area contributed by atoms with Crippen molar-refractivity contribution in [1.82, 2.24) is 4.90 Å². The van der Waals surface area contributed by atoms with Crippen LogP contribution in [0.5, 0.6) is 5.75 Å². The lowest BCUT2D eigenvalue weighted by molar-refractivity contribution is -0.143. The maximum atomic E-state index is 14.0. The number of rotatable bonds is 10. The molecule has 3 aromatic carbocycles. The summed E-state index contributed by atoms with van der Waals surface area (Å²) in [6, 6.07) is 14.5. The topological polar surface area (TPSA) is 65.1 Å². The average Bonchev–Trinajstić information content (AvgIpc) is 2.90. The number of carbonyl (C=O) groups is 2. The third kappa shape index (κ3) is 7.72. The van der Waals surface area contributed by atoms with Crippen molar-refractivity contribution in [1.29, 1.82) is 0 Å². The molecule has 0 spiro atoms. The number of halogens is 4. The van der Waals surface area contributed by atoms with Crippen molar-refractivity contribution in [3.05, 3.63) is 88.7 Å². The largest absolute Gasteiger partial charge is 0.495 e. The Hall–Kier alpha value is -4.08. The molecule has 0 aliphatic carbocycles. The van der Waals surface area contributed by atoms with E-state index in [0.29, 0.717) is 16.7 Å². The zero-order valence-electron chi connectivity index (χ0n) is 21.8. The van der Waals surface area contributed by atoms with Gasteiger partial charge >= 0.3 is 18.2 Å². The van der Waals surface area contributed by atoms with Crippen molar-refractivity contribution in [2.75, 3.05) is 20.3 Å². The van der Waals surface area contributed by atoms with Crippen LogP contribution in [0.2, 0.25) is 0 Å². The summed E-state index contributed by atoms with van der Waals surface area (Å²) in [5, 5.41) is 0. The van der Waals surface area contributed by atoms with Crippen molar-refractivity contribution in [3.8, 4) is 16.9 Å². The fourth-order valence-electron chi connectivity index (χ4n) is 4.05. The van der Waals surface area contributed by atoms with Crippen LogP contribution in [0.25, 0.3) is 11.1 Å². The minimum atomic E-state index is -4.75. The molecule has 10 heteroatoms. The van der Waals surface area contributed by atoms with Crippen LogP contribution >= 0.6 is 0 Å². The summed E-state index contributed by atoms with van der Waals surface area (Å²) in [4.78, 5) is 26.3. The zero-order valence-corrected chi connectivity index (χ0v) is 21.8. The summed E-state index contributed by atoms with van der Waals surface area (Å²) >= 11 is 0. The molecular formula is C29H29F4NO5. The van der Waals surface area contributed by atoms with Crippen LogP contribution in [0.15, 0.2) is 60.7 Å². The molecule has 6 nitrogen and oxygen atoms in total. The molecule has 0 radical (unpaired) electrons. The minimum Gasteiger partial charge on any atom is -0.495 e. The molecule has 1 amide bonds. The molecule has 0 saturated heterocycles. The molecule has 0 aliphatic rings. The molecule has 3 aromatic rings. The van der Waals surface area contributed by atoms with Crippen LogP contribution in [-0.2, 0) is 40.0 Å². The normalized spacial score (nSPS) is 11.2. The Kier molecular flexibility index (Phi) is 9.92. The molecule has 0 aliphatic heterocycles. The fourth-order valence-corrected chi connectivity index (χ4v) is 4.05. The van der Waals surface area contributed by atoms with E-state index in [1.54, 1.807) is 38.1 Å². The monoisotopic (exact) mass is 547 g/mol. The summed E-state index contributed by atoms with van der Waals surface area (Å²) < 4.78 is 70.8. The summed E-state index contributed by atoms with van der Waals surface area (Å²) in [6.07, 6.45) is -5.75. The smallest absolute Gasteiger partial charge is 0.419 e. The number of hydrogen-bond acceptors (Lipinski definition) is 5. The Labute approximate surface area is 224 Å². The van der Waals surface area contributed by atoms with Crippen molar-refractivity contribution < 1.29 is 41.4 Å². The maximum absolute atomic E-state index is 14.0. The maximum Gasteiger partial charge on any atom is 0.419 e. The summed E-state index contributed by atoms with van der Waals surface area (Å²) in [5.41, 5.74) is 0.746. The second-order valence-corrected chi connectivity index (χ2v) is 8.56.